The molecule has 0 heterocycles. The van der Waals surface area contributed by atoms with Crippen LogP contribution < -0.4 is 5.32 Å². The molecule has 3 nitrogen and oxygen atoms in total. The van der Waals surface area contributed by atoms with Crippen LogP contribution in [0, 0.1) is 0 Å². The fraction of sp³-hybridized carbons (Fsp3) is 0.214. The highest BCUT2D eigenvalue weighted by Gasteiger charge is 2.05. The number of methoxy groups -OCH3 is 1. The molecule has 0 aromatic heterocycles. The van der Waals surface area contributed by atoms with Crippen molar-refractivity contribution in [1.82, 2.24) is 5.32 Å². The van der Waals surface area contributed by atoms with Crippen LogP contribution >= 0.6 is 0 Å². The topological polar surface area (TPSA) is 38.3 Å². The highest BCUT2D eigenvalue weighted by Crippen LogP contribution is 2.18. The highest BCUT2D eigenvalue weighted by molar-refractivity contribution is 5.95. The molecule has 0 aliphatic carbocycles. The van der Waals surface area contributed by atoms with E-state index in [1.807, 2.05) is 25.2 Å². The Morgan fingerprint density at radius 2 is 1.88 bits per heavy atom. The number of carbonyl (C=O) groups excluding carboxylic acids is 1. The van der Waals surface area contributed by atoms with E-state index in [9.17, 15) is 4.79 Å². The number of esters is 1. The van der Waals surface area contributed by atoms with E-state index in [4.69, 9.17) is 4.74 Å². The number of carbonyl (C=O) groups is 1. The molecule has 1 N–H and O–H groups in total. The van der Waals surface area contributed by atoms with Crippen LogP contribution in [0.15, 0.2) is 36.4 Å². The maximum atomic E-state index is 11.4. The quantitative estimate of drug-likeness (QED) is 0.821. The minimum Gasteiger partial charge on any atom is -0.465 e. The van der Waals surface area contributed by atoms with Crippen LogP contribution in [0.4, 0.5) is 0 Å². The van der Waals surface area contributed by atoms with Gasteiger partial charge in [-0.25, -0.2) is 4.79 Å². The van der Waals surface area contributed by atoms with E-state index in [-0.39, 0.29) is 5.97 Å². The smallest absolute Gasteiger partial charge is 0.337 e. The number of hydrogen-bond acceptors (Lipinski definition) is 3. The van der Waals surface area contributed by atoms with Gasteiger partial charge in [-0.2, -0.15) is 0 Å². The van der Waals surface area contributed by atoms with Gasteiger partial charge in [0.05, 0.1) is 12.7 Å². The Balaban J connectivity index is 2.43. The Morgan fingerprint density at radius 3 is 2.59 bits per heavy atom. The van der Waals surface area contributed by atoms with Gasteiger partial charge in [0.1, 0.15) is 0 Å². The molecule has 0 radical (unpaired) electrons. The summed E-state index contributed by atoms with van der Waals surface area (Å²) in [5.41, 5.74) is 1.81. The number of nitrogens with one attached hydrogen (secondary N) is 1. The minimum absolute atomic E-state index is 0.300. The molecule has 0 aliphatic heterocycles. The Kier molecular flexibility index (Phi) is 3.40. The van der Waals surface area contributed by atoms with Crippen molar-refractivity contribution in [2.24, 2.45) is 0 Å². The van der Waals surface area contributed by atoms with E-state index in [0.29, 0.717) is 5.56 Å². The van der Waals surface area contributed by atoms with Crippen LogP contribution in [0.2, 0.25) is 0 Å². The molecule has 0 saturated carbocycles. The maximum absolute atomic E-state index is 11.4. The second-order valence-corrected chi connectivity index (χ2v) is 3.92. The first kappa shape index (κ1) is 11.6. The van der Waals surface area contributed by atoms with E-state index in [2.05, 4.69) is 17.4 Å². The zero-order valence-corrected chi connectivity index (χ0v) is 9.99. The van der Waals surface area contributed by atoms with E-state index in [1.165, 1.54) is 12.7 Å². The van der Waals surface area contributed by atoms with Gasteiger partial charge in [-0.3, -0.25) is 0 Å². The molecule has 0 amide bonds. The van der Waals surface area contributed by atoms with Crippen molar-refractivity contribution in [2.75, 3.05) is 14.2 Å². The molecule has 2 aromatic carbocycles. The predicted molar refractivity (Wildman–Crippen MR) is 68.1 cm³/mol. The molecule has 88 valence electrons. The minimum atomic E-state index is -0.300. The zero-order valence-electron chi connectivity index (χ0n) is 9.99. The number of hydrogen-bond donors (Lipinski definition) is 1. The molecule has 0 aliphatic rings. The molecule has 0 bridgehead atoms. The number of ether oxygens (including phenoxy) is 1. The standard InChI is InChI=1S/C14H15NO2/c1-15-9-10-3-4-12-8-13(14(16)17-2)6-5-11(12)7-10/h3-8,15H,9H2,1-2H3. The van der Waals surface area contributed by atoms with Crippen LogP contribution in [0.3, 0.4) is 0 Å². The third-order valence-electron chi connectivity index (χ3n) is 2.71. The largest absolute Gasteiger partial charge is 0.465 e. The molecule has 17 heavy (non-hydrogen) atoms. The van der Waals surface area contributed by atoms with Gasteiger partial charge in [0.2, 0.25) is 0 Å². The lowest BCUT2D eigenvalue weighted by molar-refractivity contribution is 0.0601. The van der Waals surface area contributed by atoms with Crippen LogP contribution in [-0.4, -0.2) is 20.1 Å². The Morgan fingerprint density at radius 1 is 1.18 bits per heavy atom. The number of rotatable bonds is 3. The van der Waals surface area contributed by atoms with E-state index >= 15 is 0 Å². The maximum Gasteiger partial charge on any atom is 0.337 e. The van der Waals surface area contributed by atoms with Crippen molar-refractivity contribution in [3.8, 4) is 0 Å². The first-order valence-electron chi connectivity index (χ1n) is 5.50. The molecule has 0 atom stereocenters. The van der Waals surface area contributed by atoms with E-state index < -0.39 is 0 Å². The molecule has 0 unspecified atom stereocenters. The lowest BCUT2D eigenvalue weighted by Crippen LogP contribution is -2.04. The van der Waals surface area contributed by atoms with Crippen LogP contribution in [0.1, 0.15) is 15.9 Å². The van der Waals surface area contributed by atoms with Gasteiger partial charge in [0.25, 0.3) is 0 Å². The van der Waals surface area contributed by atoms with E-state index in [0.717, 1.165) is 17.3 Å². The van der Waals surface area contributed by atoms with E-state index in [1.54, 1.807) is 6.07 Å². The SMILES string of the molecule is CNCc1ccc2cc(C(=O)OC)ccc2c1. The molecule has 2 aromatic rings. The van der Waals surface area contributed by atoms with Crippen molar-refractivity contribution in [1.29, 1.82) is 0 Å². The van der Waals surface area contributed by atoms with Crippen LogP contribution in [0.25, 0.3) is 10.8 Å². The molecule has 3 heteroatoms. The molecular weight excluding hydrogens is 214 g/mol. The number of fused-ring (bicyclic) bond motifs is 1. The van der Waals surface area contributed by atoms with Gasteiger partial charge in [-0.15, -0.1) is 0 Å². The summed E-state index contributed by atoms with van der Waals surface area (Å²) >= 11 is 0. The summed E-state index contributed by atoms with van der Waals surface area (Å²) in [7, 11) is 3.31. The summed E-state index contributed by atoms with van der Waals surface area (Å²) < 4.78 is 4.70. The van der Waals surface area contributed by atoms with Crippen molar-refractivity contribution in [3.63, 3.8) is 0 Å². The summed E-state index contributed by atoms with van der Waals surface area (Å²) in [5.74, 6) is -0.300. The van der Waals surface area contributed by atoms with Gasteiger partial charge in [-0.05, 0) is 41.6 Å². The van der Waals surface area contributed by atoms with Crippen LogP contribution in [-0.2, 0) is 11.3 Å². The lowest BCUT2D eigenvalue weighted by atomic mass is 10.0. The highest BCUT2D eigenvalue weighted by atomic mass is 16.5. The normalized spacial score (nSPS) is 10.5. The summed E-state index contributed by atoms with van der Waals surface area (Å²) in [6.45, 7) is 0.842. The van der Waals surface area contributed by atoms with Gasteiger partial charge in [0.15, 0.2) is 0 Å². The molecular formula is C14H15NO2. The zero-order chi connectivity index (χ0) is 12.3. The second-order valence-electron chi connectivity index (χ2n) is 3.92. The first-order chi connectivity index (χ1) is 8.24. The molecule has 0 saturated heterocycles. The summed E-state index contributed by atoms with van der Waals surface area (Å²) in [4.78, 5) is 11.4. The Hall–Kier alpha value is -1.87. The predicted octanol–water partition coefficient (Wildman–Crippen LogP) is 2.35. The van der Waals surface area contributed by atoms with Crippen molar-refractivity contribution >= 4 is 16.7 Å². The fourth-order valence-corrected chi connectivity index (χ4v) is 1.85. The second kappa shape index (κ2) is 4.97. The van der Waals surface area contributed by atoms with Crippen LogP contribution in [0.5, 0.6) is 0 Å². The Labute approximate surface area is 100 Å². The van der Waals surface area contributed by atoms with Crippen molar-refractivity contribution in [3.05, 3.63) is 47.5 Å². The fourth-order valence-electron chi connectivity index (χ4n) is 1.85. The van der Waals surface area contributed by atoms with Crippen molar-refractivity contribution < 1.29 is 9.53 Å². The summed E-state index contributed by atoms with van der Waals surface area (Å²) in [6.07, 6.45) is 0. The summed E-state index contributed by atoms with van der Waals surface area (Å²) in [6, 6.07) is 11.8. The van der Waals surface area contributed by atoms with Gasteiger partial charge < -0.3 is 10.1 Å². The Bertz CT molecular complexity index is 549. The lowest BCUT2D eigenvalue weighted by Gasteiger charge is -2.05. The van der Waals surface area contributed by atoms with Gasteiger partial charge in [-0.1, -0.05) is 18.2 Å². The average molecular weight is 229 g/mol. The monoisotopic (exact) mass is 229 g/mol. The molecule has 0 spiro atoms. The van der Waals surface area contributed by atoms with Gasteiger partial charge >= 0.3 is 5.97 Å². The number of benzene rings is 2. The third kappa shape index (κ3) is 2.45. The van der Waals surface area contributed by atoms with Crippen molar-refractivity contribution in [2.45, 2.75) is 6.54 Å². The molecule has 2 rings (SSSR count). The third-order valence-corrected chi connectivity index (χ3v) is 2.71. The molecule has 0 fully saturated rings. The van der Waals surface area contributed by atoms with Gasteiger partial charge in [0, 0.05) is 6.54 Å². The summed E-state index contributed by atoms with van der Waals surface area (Å²) in [5, 5.41) is 5.29. The first-order valence-corrected chi connectivity index (χ1v) is 5.50. The average Bonchev–Trinajstić information content (AvgIpc) is 2.37.